The number of imidazole rings is 1. The minimum Gasteiger partial charge on any atom is -0.494 e. The van der Waals surface area contributed by atoms with E-state index in [1.807, 2.05) is 40.8 Å². The molecule has 9 nitrogen and oxygen atoms in total. The molecular weight excluding hydrogens is 492 g/mol. The number of aromatic nitrogens is 3. The number of carbonyl (C=O) groups is 2. The lowest BCUT2D eigenvalue weighted by Crippen LogP contribution is -2.41. The van der Waals surface area contributed by atoms with Crippen LogP contribution in [-0.2, 0) is 24.8 Å². The molecule has 2 aliphatic carbocycles. The van der Waals surface area contributed by atoms with Gasteiger partial charge in [0.05, 0.1) is 30.3 Å². The van der Waals surface area contributed by atoms with Crippen molar-refractivity contribution in [2.24, 2.45) is 30.4 Å². The fourth-order valence-electron chi connectivity index (χ4n) is 6.93. The second-order valence-corrected chi connectivity index (χ2v) is 11.6. The van der Waals surface area contributed by atoms with Gasteiger partial charge in [-0.2, -0.15) is 0 Å². The predicted octanol–water partition coefficient (Wildman–Crippen LogP) is 3.20. The fourth-order valence-corrected chi connectivity index (χ4v) is 6.93. The molecule has 3 heterocycles. The first-order valence-electron chi connectivity index (χ1n) is 13.8. The van der Waals surface area contributed by atoms with Crippen LogP contribution in [0.15, 0.2) is 36.4 Å². The average Bonchev–Trinajstić information content (AvgIpc) is 3.30. The van der Waals surface area contributed by atoms with Gasteiger partial charge in [0.2, 0.25) is 5.91 Å². The van der Waals surface area contributed by atoms with Crippen molar-refractivity contribution in [2.45, 2.75) is 50.7 Å². The van der Waals surface area contributed by atoms with Crippen molar-refractivity contribution in [3.8, 4) is 17.3 Å². The number of likely N-dealkylation sites (tertiary alicyclic amines) is 1. The predicted molar refractivity (Wildman–Crippen MR) is 149 cm³/mol. The first kappa shape index (κ1) is 24.2. The summed E-state index contributed by atoms with van der Waals surface area (Å²) >= 11 is 0. The number of rotatable bonds is 7. The second kappa shape index (κ2) is 8.84. The summed E-state index contributed by atoms with van der Waals surface area (Å²) in [5.74, 6) is 2.04. The number of primary amides is 1. The number of para-hydroxylation sites is 1. The molecule has 39 heavy (non-hydrogen) atoms. The Hall–Kier alpha value is -3.85. The number of benzene rings is 2. The summed E-state index contributed by atoms with van der Waals surface area (Å²) in [5, 5.41) is 1.06. The van der Waals surface area contributed by atoms with Crippen LogP contribution in [0.2, 0.25) is 0 Å². The number of piperidine rings is 1. The molecule has 3 atom stereocenters. The van der Waals surface area contributed by atoms with Gasteiger partial charge in [-0.3, -0.25) is 9.59 Å². The second-order valence-electron chi connectivity index (χ2n) is 11.6. The van der Waals surface area contributed by atoms with Gasteiger partial charge in [0, 0.05) is 43.2 Å². The molecule has 0 unspecified atom stereocenters. The number of fused-ring (bicyclic) bond motifs is 4. The van der Waals surface area contributed by atoms with Crippen LogP contribution in [0.3, 0.4) is 0 Å². The summed E-state index contributed by atoms with van der Waals surface area (Å²) < 4.78 is 10.1. The topological polar surface area (TPSA) is 121 Å². The molecule has 4 aromatic rings. The van der Waals surface area contributed by atoms with Gasteiger partial charge in [0.25, 0.3) is 5.91 Å². The molecule has 2 saturated carbocycles. The van der Waals surface area contributed by atoms with Crippen molar-refractivity contribution in [3.63, 3.8) is 0 Å². The number of ether oxygens (including phenoxy) is 1. The maximum atomic E-state index is 13.6. The number of nitrogens with two attached hydrogens (primary N) is 2. The van der Waals surface area contributed by atoms with Gasteiger partial charge in [0.1, 0.15) is 11.3 Å². The van der Waals surface area contributed by atoms with E-state index in [2.05, 4.69) is 16.7 Å². The van der Waals surface area contributed by atoms with E-state index < -0.39 is 0 Å². The molecule has 3 aliphatic rings. The normalized spacial score (nSPS) is 22.3. The largest absolute Gasteiger partial charge is 0.494 e. The van der Waals surface area contributed by atoms with Gasteiger partial charge in [-0.25, -0.2) is 4.98 Å². The Labute approximate surface area is 226 Å². The van der Waals surface area contributed by atoms with Crippen molar-refractivity contribution in [3.05, 3.63) is 47.5 Å². The molecule has 2 amide bonds. The van der Waals surface area contributed by atoms with E-state index in [4.69, 9.17) is 21.2 Å². The lowest BCUT2D eigenvalue weighted by molar-refractivity contribution is -0.117. The van der Waals surface area contributed by atoms with Gasteiger partial charge < -0.3 is 30.2 Å². The van der Waals surface area contributed by atoms with E-state index in [0.29, 0.717) is 35.2 Å². The number of aryl methyl sites for hydroxylation is 1. The zero-order valence-electron chi connectivity index (χ0n) is 22.4. The van der Waals surface area contributed by atoms with Crippen molar-refractivity contribution < 1.29 is 14.3 Å². The SMILES string of the molecule is COc1cc(C(=O)N2C[C@H]3CC[C@@H]2[C@@H]3N)cc2nc(-c3cc4cccc(CC(N)=O)c4n3CC3CC3)n(C)c12. The van der Waals surface area contributed by atoms with Crippen LogP contribution in [-0.4, -0.2) is 56.6 Å². The molecule has 0 radical (unpaired) electrons. The van der Waals surface area contributed by atoms with Crippen molar-refractivity contribution >= 4 is 33.8 Å². The van der Waals surface area contributed by atoms with Crippen LogP contribution in [0.1, 0.15) is 41.6 Å². The Balaban J connectivity index is 1.36. The molecule has 2 bridgehead atoms. The summed E-state index contributed by atoms with van der Waals surface area (Å²) in [5.41, 5.74) is 17.0. The zero-order valence-corrected chi connectivity index (χ0v) is 22.4. The van der Waals surface area contributed by atoms with Crippen LogP contribution in [0.4, 0.5) is 0 Å². The Kier molecular flexibility index (Phi) is 5.49. The Morgan fingerprint density at radius 2 is 1.92 bits per heavy atom. The lowest BCUT2D eigenvalue weighted by Gasteiger charge is -2.27. The molecule has 1 saturated heterocycles. The number of amides is 2. The quantitative estimate of drug-likeness (QED) is 0.383. The standard InChI is InChI=1S/C30H34N6O3/c1-34-28-21(10-20(12-24(28)39-2)30(38)36-15-19-8-9-22(36)26(19)32)33-29(34)23-11-17-4-3-5-18(13-25(31)37)27(17)35(23)14-16-6-7-16/h3-5,10-12,16,19,22,26H,6-9,13-15,32H2,1-2H3,(H2,31,37)/t19-,22-,26-/m1/s1. The maximum absolute atomic E-state index is 13.6. The fraction of sp³-hybridized carbons (Fsp3) is 0.433. The van der Waals surface area contributed by atoms with Gasteiger partial charge >= 0.3 is 0 Å². The highest BCUT2D eigenvalue weighted by molar-refractivity contribution is 6.01. The maximum Gasteiger partial charge on any atom is 0.254 e. The van der Waals surface area contributed by atoms with E-state index in [-0.39, 0.29) is 30.3 Å². The number of hydrogen-bond donors (Lipinski definition) is 2. The van der Waals surface area contributed by atoms with Gasteiger partial charge in [-0.15, -0.1) is 0 Å². The van der Waals surface area contributed by atoms with Gasteiger partial charge in [-0.1, -0.05) is 18.2 Å². The molecule has 2 aromatic heterocycles. The first-order valence-corrected chi connectivity index (χ1v) is 13.8. The lowest BCUT2D eigenvalue weighted by atomic mass is 10.1. The van der Waals surface area contributed by atoms with Gasteiger partial charge in [0.15, 0.2) is 5.82 Å². The number of hydrogen-bond acceptors (Lipinski definition) is 5. The summed E-state index contributed by atoms with van der Waals surface area (Å²) in [6.45, 7) is 1.57. The highest BCUT2D eigenvalue weighted by Crippen LogP contribution is 2.40. The highest BCUT2D eigenvalue weighted by Gasteiger charge is 2.47. The Bertz CT molecular complexity index is 1650. The molecule has 2 aromatic carbocycles. The van der Waals surface area contributed by atoms with Crippen molar-refractivity contribution in [2.75, 3.05) is 13.7 Å². The number of methoxy groups -OCH3 is 1. The molecule has 4 N–H and O–H groups in total. The third-order valence-electron chi connectivity index (χ3n) is 9.05. The van der Waals surface area contributed by atoms with E-state index >= 15 is 0 Å². The zero-order chi connectivity index (χ0) is 27.0. The molecule has 7 rings (SSSR count). The van der Waals surface area contributed by atoms with Crippen molar-refractivity contribution in [1.29, 1.82) is 0 Å². The molecule has 9 heteroatoms. The molecule has 1 aliphatic heterocycles. The van der Waals surface area contributed by atoms with E-state index in [1.165, 1.54) is 12.8 Å². The van der Waals surface area contributed by atoms with Crippen LogP contribution < -0.4 is 16.2 Å². The Morgan fingerprint density at radius 1 is 1.10 bits per heavy atom. The van der Waals surface area contributed by atoms with E-state index in [9.17, 15) is 9.59 Å². The summed E-state index contributed by atoms with van der Waals surface area (Å²) in [7, 11) is 3.61. The smallest absolute Gasteiger partial charge is 0.254 e. The first-order chi connectivity index (χ1) is 18.8. The minimum atomic E-state index is -0.347. The molecular formula is C30H34N6O3. The average molecular weight is 527 g/mol. The number of nitrogens with zero attached hydrogens (tertiary/aromatic N) is 4. The Morgan fingerprint density at radius 3 is 2.59 bits per heavy atom. The monoisotopic (exact) mass is 526 g/mol. The summed E-state index contributed by atoms with van der Waals surface area (Å²) in [6.07, 6.45) is 4.64. The molecule has 0 spiro atoms. The van der Waals surface area contributed by atoms with Crippen LogP contribution in [0.5, 0.6) is 5.75 Å². The number of carbonyl (C=O) groups excluding carboxylic acids is 2. The highest BCUT2D eigenvalue weighted by atomic mass is 16.5. The molecule has 202 valence electrons. The van der Waals surface area contributed by atoms with Crippen LogP contribution >= 0.6 is 0 Å². The van der Waals surface area contributed by atoms with E-state index in [1.54, 1.807) is 7.11 Å². The van der Waals surface area contributed by atoms with Gasteiger partial charge in [-0.05, 0) is 61.3 Å². The van der Waals surface area contributed by atoms with Crippen LogP contribution in [0.25, 0.3) is 33.5 Å². The summed E-state index contributed by atoms with van der Waals surface area (Å²) in [6, 6.07) is 12.0. The summed E-state index contributed by atoms with van der Waals surface area (Å²) in [4.78, 5) is 32.5. The van der Waals surface area contributed by atoms with Crippen molar-refractivity contribution in [1.82, 2.24) is 19.0 Å². The van der Waals surface area contributed by atoms with E-state index in [0.717, 1.165) is 52.9 Å². The van der Waals surface area contributed by atoms with Crippen LogP contribution in [0, 0.1) is 11.8 Å². The third kappa shape index (κ3) is 3.82. The molecule has 3 fully saturated rings. The third-order valence-corrected chi connectivity index (χ3v) is 9.05. The minimum absolute atomic E-state index is 0.0102.